The van der Waals surface area contributed by atoms with Crippen molar-refractivity contribution in [1.82, 2.24) is 20.0 Å². The van der Waals surface area contributed by atoms with Crippen LogP contribution in [0.2, 0.25) is 0 Å². The van der Waals surface area contributed by atoms with Gasteiger partial charge in [-0.2, -0.15) is 5.10 Å². The highest BCUT2D eigenvalue weighted by Crippen LogP contribution is 2.24. The second-order valence-electron chi connectivity index (χ2n) is 8.15. The molecule has 1 fully saturated rings. The van der Waals surface area contributed by atoms with Crippen molar-refractivity contribution in [1.29, 1.82) is 0 Å². The maximum absolute atomic E-state index is 12.8. The molecule has 0 bridgehead atoms. The number of hydrogen-bond acceptors (Lipinski definition) is 5. The number of likely N-dealkylation sites (tertiary alicyclic amines) is 1. The van der Waals surface area contributed by atoms with Crippen LogP contribution >= 0.6 is 0 Å². The molecule has 0 unspecified atom stereocenters. The van der Waals surface area contributed by atoms with E-state index < -0.39 is 0 Å². The van der Waals surface area contributed by atoms with Crippen molar-refractivity contribution < 1.29 is 14.3 Å². The lowest BCUT2D eigenvalue weighted by molar-refractivity contribution is 0.0905. The fourth-order valence-corrected chi connectivity index (χ4v) is 4.56. The van der Waals surface area contributed by atoms with Crippen LogP contribution in [0.1, 0.15) is 52.6 Å². The molecule has 4 rings (SSSR count). The minimum atomic E-state index is -0.0160. The van der Waals surface area contributed by atoms with E-state index in [0.29, 0.717) is 12.2 Å². The van der Waals surface area contributed by atoms with Crippen LogP contribution in [0.4, 0.5) is 0 Å². The van der Waals surface area contributed by atoms with Crippen LogP contribution in [0.5, 0.6) is 5.75 Å². The molecule has 2 aliphatic heterocycles. The molecule has 0 spiro atoms. The van der Waals surface area contributed by atoms with Gasteiger partial charge in [0.25, 0.3) is 5.91 Å². The minimum absolute atomic E-state index is 0.0160. The first-order chi connectivity index (χ1) is 14.6. The number of methoxy groups -OCH3 is 1. The third-order valence-electron chi connectivity index (χ3n) is 6.32. The van der Waals surface area contributed by atoms with Crippen LogP contribution in [0.15, 0.2) is 18.2 Å². The number of aromatic nitrogens is 2. The van der Waals surface area contributed by atoms with Gasteiger partial charge in [0.05, 0.1) is 26.0 Å². The number of ether oxygens (including phenoxy) is 2. The molecule has 7 nitrogen and oxygen atoms in total. The van der Waals surface area contributed by atoms with Gasteiger partial charge in [0.15, 0.2) is 0 Å². The van der Waals surface area contributed by atoms with Crippen LogP contribution in [0.25, 0.3) is 0 Å². The number of nitrogens with zero attached hydrogens (tertiary/aromatic N) is 3. The van der Waals surface area contributed by atoms with Crippen molar-refractivity contribution in [2.45, 2.75) is 58.8 Å². The highest BCUT2D eigenvalue weighted by molar-refractivity contribution is 5.96. The van der Waals surface area contributed by atoms with Gasteiger partial charge in [0.1, 0.15) is 5.75 Å². The maximum atomic E-state index is 12.8. The first-order valence-corrected chi connectivity index (χ1v) is 10.9. The summed E-state index contributed by atoms with van der Waals surface area (Å²) < 4.78 is 13.2. The number of benzene rings is 1. The number of piperidine rings is 1. The molecule has 1 saturated heterocycles. The Bertz CT molecular complexity index is 900. The van der Waals surface area contributed by atoms with Crippen LogP contribution < -0.4 is 10.1 Å². The molecule has 162 valence electrons. The summed E-state index contributed by atoms with van der Waals surface area (Å²) in [6, 6.07) is 5.81. The molecule has 1 aromatic heterocycles. The number of fused-ring (bicyclic) bond motifs is 1. The smallest absolute Gasteiger partial charge is 0.251 e. The van der Waals surface area contributed by atoms with E-state index in [1.54, 1.807) is 7.11 Å². The number of carbonyl (C=O) groups excluding carboxylic acids is 1. The summed E-state index contributed by atoms with van der Waals surface area (Å²) in [6.07, 6.45) is 2.85. The highest BCUT2D eigenvalue weighted by Gasteiger charge is 2.26. The Morgan fingerprint density at radius 2 is 2.13 bits per heavy atom. The van der Waals surface area contributed by atoms with Gasteiger partial charge in [0.2, 0.25) is 0 Å². The third-order valence-corrected chi connectivity index (χ3v) is 6.32. The van der Waals surface area contributed by atoms with Gasteiger partial charge in [-0.3, -0.25) is 14.4 Å². The number of amides is 1. The standard InChI is InChI=1S/C23H32N4O3/c1-4-27-21-10-13-30-15-19(21)20(25-27)14-26-11-8-17(9-12-26)24-23(28)18-6-5-7-22(29-3)16(18)2/h5-7,17H,4,8-15H2,1-3H3,(H,24,28). The van der Waals surface area contributed by atoms with E-state index in [0.717, 1.165) is 69.1 Å². The van der Waals surface area contributed by atoms with E-state index >= 15 is 0 Å². The second-order valence-corrected chi connectivity index (χ2v) is 8.15. The van der Waals surface area contributed by atoms with E-state index in [2.05, 4.69) is 21.8 Å². The zero-order valence-corrected chi connectivity index (χ0v) is 18.2. The molecular formula is C23H32N4O3. The fourth-order valence-electron chi connectivity index (χ4n) is 4.56. The van der Waals surface area contributed by atoms with Crippen molar-refractivity contribution in [3.8, 4) is 5.75 Å². The fraction of sp³-hybridized carbons (Fsp3) is 0.565. The first kappa shape index (κ1) is 20.9. The average molecular weight is 413 g/mol. The Balaban J connectivity index is 1.34. The summed E-state index contributed by atoms with van der Waals surface area (Å²) >= 11 is 0. The zero-order valence-electron chi connectivity index (χ0n) is 18.2. The molecule has 2 aromatic rings. The second kappa shape index (κ2) is 9.18. The van der Waals surface area contributed by atoms with Gasteiger partial charge in [-0.25, -0.2) is 0 Å². The minimum Gasteiger partial charge on any atom is -0.496 e. The maximum Gasteiger partial charge on any atom is 0.251 e. The Kier molecular flexibility index (Phi) is 6.39. The molecule has 3 heterocycles. The number of nitrogens with one attached hydrogen (secondary N) is 1. The first-order valence-electron chi connectivity index (χ1n) is 10.9. The summed E-state index contributed by atoms with van der Waals surface area (Å²) in [5.41, 5.74) is 5.35. The van der Waals surface area contributed by atoms with Gasteiger partial charge < -0.3 is 14.8 Å². The molecule has 0 saturated carbocycles. The van der Waals surface area contributed by atoms with Gasteiger partial charge >= 0.3 is 0 Å². The lowest BCUT2D eigenvalue weighted by Crippen LogP contribution is -2.44. The van der Waals surface area contributed by atoms with Crippen LogP contribution in [-0.4, -0.2) is 53.4 Å². The molecule has 1 aromatic carbocycles. The van der Waals surface area contributed by atoms with Crippen molar-refractivity contribution >= 4 is 5.91 Å². The van der Waals surface area contributed by atoms with E-state index in [1.807, 2.05) is 25.1 Å². The van der Waals surface area contributed by atoms with Crippen LogP contribution in [0.3, 0.4) is 0 Å². The molecule has 1 N–H and O–H groups in total. The third kappa shape index (κ3) is 4.23. The molecule has 1 amide bonds. The monoisotopic (exact) mass is 412 g/mol. The lowest BCUT2D eigenvalue weighted by atomic mass is 10.0. The quantitative estimate of drug-likeness (QED) is 0.790. The van der Waals surface area contributed by atoms with Gasteiger partial charge in [-0.05, 0) is 38.8 Å². The summed E-state index contributed by atoms with van der Waals surface area (Å²) in [4.78, 5) is 15.2. The summed E-state index contributed by atoms with van der Waals surface area (Å²) in [5.74, 6) is 0.731. The topological polar surface area (TPSA) is 68.6 Å². The molecule has 7 heteroatoms. The van der Waals surface area contributed by atoms with E-state index in [-0.39, 0.29) is 11.9 Å². The number of rotatable bonds is 6. The Hall–Kier alpha value is -2.38. The van der Waals surface area contributed by atoms with E-state index in [4.69, 9.17) is 14.6 Å². The van der Waals surface area contributed by atoms with Gasteiger partial charge in [-0.1, -0.05) is 6.07 Å². The highest BCUT2D eigenvalue weighted by atomic mass is 16.5. The van der Waals surface area contributed by atoms with Crippen molar-refractivity contribution in [2.24, 2.45) is 0 Å². The number of hydrogen-bond donors (Lipinski definition) is 1. The van der Waals surface area contributed by atoms with Crippen molar-refractivity contribution in [3.05, 3.63) is 46.3 Å². The van der Waals surface area contributed by atoms with Gasteiger partial charge in [-0.15, -0.1) is 0 Å². The molecule has 0 aliphatic carbocycles. The summed E-state index contributed by atoms with van der Waals surface area (Å²) in [5, 5.41) is 8.06. The molecule has 0 radical (unpaired) electrons. The largest absolute Gasteiger partial charge is 0.496 e. The van der Waals surface area contributed by atoms with E-state index in [1.165, 1.54) is 11.3 Å². The number of carbonyl (C=O) groups is 1. The predicted octanol–water partition coefficient (Wildman–Crippen LogP) is 2.69. The van der Waals surface area contributed by atoms with Crippen molar-refractivity contribution in [2.75, 3.05) is 26.8 Å². The summed E-state index contributed by atoms with van der Waals surface area (Å²) in [7, 11) is 1.63. The lowest BCUT2D eigenvalue weighted by Gasteiger charge is -2.32. The molecule has 2 aliphatic rings. The van der Waals surface area contributed by atoms with Crippen molar-refractivity contribution in [3.63, 3.8) is 0 Å². The van der Waals surface area contributed by atoms with Gasteiger partial charge in [0, 0.05) is 61.0 Å². The average Bonchev–Trinajstić information content (AvgIpc) is 3.13. The van der Waals surface area contributed by atoms with Crippen LogP contribution in [0, 0.1) is 6.92 Å². The Morgan fingerprint density at radius 1 is 1.33 bits per heavy atom. The molecule has 0 atom stereocenters. The summed E-state index contributed by atoms with van der Waals surface area (Å²) in [6.45, 7) is 9.20. The normalized spacial score (nSPS) is 17.6. The predicted molar refractivity (Wildman–Crippen MR) is 115 cm³/mol. The Labute approximate surface area is 178 Å². The van der Waals surface area contributed by atoms with Crippen LogP contribution in [-0.2, 0) is 30.9 Å². The Morgan fingerprint density at radius 3 is 2.87 bits per heavy atom. The zero-order chi connectivity index (χ0) is 21.1. The molecular weight excluding hydrogens is 380 g/mol. The van der Waals surface area contributed by atoms with E-state index in [9.17, 15) is 4.79 Å². The molecule has 30 heavy (non-hydrogen) atoms. The number of aryl methyl sites for hydroxylation is 1. The SMILES string of the molecule is CCn1nc(CN2CCC(NC(=O)c3cccc(OC)c3C)CC2)c2c1CCOC2.